The fourth-order valence-corrected chi connectivity index (χ4v) is 2.90. The molecule has 2 aliphatic rings. The summed E-state index contributed by atoms with van der Waals surface area (Å²) in [5, 5.41) is 11.3. The van der Waals surface area contributed by atoms with Crippen LogP contribution in [0.3, 0.4) is 0 Å². The number of hydrogen-bond donors (Lipinski definition) is 1. The maximum Gasteiger partial charge on any atom is 0.276 e. The summed E-state index contributed by atoms with van der Waals surface area (Å²) in [7, 11) is 0. The standard InChI is InChI=1S/C13H21N5O/c1-9(2)12-4-3-5-17(12)13(19)11-8-18(16-15-11)10-6-14-7-10/h8-10,12,14H,3-7H2,1-2H3. The lowest BCUT2D eigenvalue weighted by Crippen LogP contribution is -2.43. The maximum absolute atomic E-state index is 12.5. The summed E-state index contributed by atoms with van der Waals surface area (Å²) in [6.07, 6.45) is 3.99. The van der Waals surface area contributed by atoms with Gasteiger partial charge in [0, 0.05) is 25.7 Å². The molecular formula is C13H21N5O. The van der Waals surface area contributed by atoms with Gasteiger partial charge < -0.3 is 10.2 Å². The molecular weight excluding hydrogens is 242 g/mol. The maximum atomic E-state index is 12.5. The van der Waals surface area contributed by atoms with Crippen LogP contribution in [0.5, 0.6) is 0 Å². The Labute approximate surface area is 113 Å². The number of nitrogens with zero attached hydrogens (tertiary/aromatic N) is 4. The topological polar surface area (TPSA) is 63.1 Å². The van der Waals surface area contributed by atoms with Crippen LogP contribution in [0.25, 0.3) is 0 Å². The Kier molecular flexibility index (Phi) is 3.26. The van der Waals surface area contributed by atoms with Gasteiger partial charge in [0.05, 0.1) is 12.2 Å². The molecule has 1 unspecified atom stereocenters. The quantitative estimate of drug-likeness (QED) is 0.871. The summed E-state index contributed by atoms with van der Waals surface area (Å²) < 4.78 is 1.81. The first kappa shape index (κ1) is 12.6. The molecule has 0 aliphatic carbocycles. The zero-order valence-electron chi connectivity index (χ0n) is 11.5. The highest BCUT2D eigenvalue weighted by molar-refractivity contribution is 5.92. The van der Waals surface area contributed by atoms with Crippen molar-refractivity contribution in [3.63, 3.8) is 0 Å². The van der Waals surface area contributed by atoms with Crippen molar-refractivity contribution in [2.24, 2.45) is 5.92 Å². The molecule has 1 atom stereocenters. The molecule has 2 saturated heterocycles. The summed E-state index contributed by atoms with van der Waals surface area (Å²) in [5.41, 5.74) is 0.486. The molecule has 104 valence electrons. The van der Waals surface area contributed by atoms with Crippen LogP contribution < -0.4 is 5.32 Å². The van der Waals surface area contributed by atoms with Gasteiger partial charge in [0.25, 0.3) is 5.91 Å². The van der Waals surface area contributed by atoms with Gasteiger partial charge in [0.1, 0.15) is 0 Å². The van der Waals surface area contributed by atoms with Gasteiger partial charge in [0.15, 0.2) is 5.69 Å². The Bertz CT molecular complexity index is 465. The molecule has 3 rings (SSSR count). The number of carbonyl (C=O) groups is 1. The smallest absolute Gasteiger partial charge is 0.276 e. The molecule has 1 aromatic heterocycles. The third kappa shape index (κ3) is 2.25. The Hall–Kier alpha value is -1.43. The SMILES string of the molecule is CC(C)C1CCCN1C(=O)c1cn(C2CNC2)nn1. The molecule has 0 radical (unpaired) electrons. The van der Waals surface area contributed by atoms with Gasteiger partial charge in [-0.25, -0.2) is 4.68 Å². The minimum atomic E-state index is 0.0368. The Morgan fingerprint density at radius 3 is 2.89 bits per heavy atom. The molecule has 2 aliphatic heterocycles. The van der Waals surface area contributed by atoms with Crippen molar-refractivity contribution < 1.29 is 4.79 Å². The number of nitrogens with one attached hydrogen (secondary N) is 1. The van der Waals surface area contributed by atoms with Gasteiger partial charge in [-0.3, -0.25) is 4.79 Å². The molecule has 0 spiro atoms. The van der Waals surface area contributed by atoms with E-state index in [1.54, 1.807) is 6.20 Å². The highest BCUT2D eigenvalue weighted by atomic mass is 16.2. The number of likely N-dealkylation sites (tertiary alicyclic amines) is 1. The van der Waals surface area contributed by atoms with E-state index in [0.717, 1.165) is 32.5 Å². The van der Waals surface area contributed by atoms with Crippen molar-refractivity contribution in [2.75, 3.05) is 19.6 Å². The molecule has 0 aromatic carbocycles. The Balaban J connectivity index is 1.74. The van der Waals surface area contributed by atoms with Gasteiger partial charge in [-0.05, 0) is 18.8 Å². The summed E-state index contributed by atoms with van der Waals surface area (Å²) in [6, 6.07) is 0.705. The Morgan fingerprint density at radius 1 is 1.47 bits per heavy atom. The molecule has 6 nitrogen and oxygen atoms in total. The molecule has 1 amide bonds. The van der Waals surface area contributed by atoms with Gasteiger partial charge in [-0.1, -0.05) is 19.1 Å². The van der Waals surface area contributed by atoms with Crippen LogP contribution in [-0.4, -0.2) is 51.5 Å². The van der Waals surface area contributed by atoms with Gasteiger partial charge in [-0.2, -0.15) is 0 Å². The first-order valence-corrected chi connectivity index (χ1v) is 7.10. The van der Waals surface area contributed by atoms with Crippen LogP contribution in [0.2, 0.25) is 0 Å². The highest BCUT2D eigenvalue weighted by Gasteiger charge is 2.33. The number of amides is 1. The van der Waals surface area contributed by atoms with Gasteiger partial charge in [0.2, 0.25) is 0 Å². The summed E-state index contributed by atoms with van der Waals surface area (Å²) in [6.45, 7) is 7.02. The van der Waals surface area contributed by atoms with E-state index in [4.69, 9.17) is 0 Å². The van der Waals surface area contributed by atoms with Crippen LogP contribution in [0.15, 0.2) is 6.20 Å². The van der Waals surface area contributed by atoms with E-state index in [-0.39, 0.29) is 5.91 Å². The molecule has 2 fully saturated rings. The normalized spacial score (nSPS) is 23.9. The average Bonchev–Trinajstić information content (AvgIpc) is 2.93. The van der Waals surface area contributed by atoms with E-state index in [1.807, 2.05) is 9.58 Å². The van der Waals surface area contributed by atoms with E-state index >= 15 is 0 Å². The molecule has 3 heterocycles. The highest BCUT2D eigenvalue weighted by Crippen LogP contribution is 2.25. The Morgan fingerprint density at radius 2 is 2.26 bits per heavy atom. The van der Waals surface area contributed by atoms with E-state index in [2.05, 4.69) is 29.5 Å². The second-order valence-corrected chi connectivity index (χ2v) is 5.85. The first-order chi connectivity index (χ1) is 9.16. The zero-order chi connectivity index (χ0) is 13.4. The van der Waals surface area contributed by atoms with Crippen LogP contribution in [-0.2, 0) is 0 Å². The van der Waals surface area contributed by atoms with E-state index in [1.165, 1.54) is 0 Å². The number of aromatic nitrogens is 3. The second-order valence-electron chi connectivity index (χ2n) is 5.85. The third-order valence-electron chi connectivity index (χ3n) is 4.19. The second kappa shape index (κ2) is 4.92. The summed E-state index contributed by atoms with van der Waals surface area (Å²) >= 11 is 0. The summed E-state index contributed by atoms with van der Waals surface area (Å²) in [4.78, 5) is 14.5. The van der Waals surface area contributed by atoms with E-state index in [0.29, 0.717) is 23.7 Å². The molecule has 1 N–H and O–H groups in total. The minimum Gasteiger partial charge on any atom is -0.334 e. The van der Waals surface area contributed by atoms with Crippen molar-refractivity contribution in [2.45, 2.75) is 38.8 Å². The fraction of sp³-hybridized carbons (Fsp3) is 0.769. The van der Waals surface area contributed by atoms with Crippen molar-refractivity contribution >= 4 is 5.91 Å². The lowest BCUT2D eigenvalue weighted by atomic mass is 10.0. The van der Waals surface area contributed by atoms with Crippen LogP contribution in [0, 0.1) is 5.92 Å². The van der Waals surface area contributed by atoms with Gasteiger partial charge in [-0.15, -0.1) is 5.10 Å². The van der Waals surface area contributed by atoms with Crippen LogP contribution in [0.4, 0.5) is 0 Å². The van der Waals surface area contributed by atoms with Crippen LogP contribution >= 0.6 is 0 Å². The minimum absolute atomic E-state index is 0.0368. The van der Waals surface area contributed by atoms with Crippen molar-refractivity contribution in [1.82, 2.24) is 25.2 Å². The lowest BCUT2D eigenvalue weighted by Gasteiger charge is -2.27. The van der Waals surface area contributed by atoms with Crippen molar-refractivity contribution in [3.05, 3.63) is 11.9 Å². The molecule has 0 bridgehead atoms. The van der Waals surface area contributed by atoms with Crippen molar-refractivity contribution in [1.29, 1.82) is 0 Å². The van der Waals surface area contributed by atoms with E-state index in [9.17, 15) is 4.79 Å². The van der Waals surface area contributed by atoms with E-state index < -0.39 is 0 Å². The van der Waals surface area contributed by atoms with Crippen LogP contribution in [0.1, 0.15) is 43.2 Å². The fourth-order valence-electron chi connectivity index (χ4n) is 2.90. The predicted octanol–water partition coefficient (Wildman–Crippen LogP) is 0.683. The molecule has 19 heavy (non-hydrogen) atoms. The molecule has 1 aromatic rings. The first-order valence-electron chi connectivity index (χ1n) is 7.10. The zero-order valence-corrected chi connectivity index (χ0v) is 11.5. The molecule has 6 heteroatoms. The predicted molar refractivity (Wildman–Crippen MR) is 70.8 cm³/mol. The van der Waals surface area contributed by atoms with Crippen molar-refractivity contribution in [3.8, 4) is 0 Å². The lowest BCUT2D eigenvalue weighted by molar-refractivity contribution is 0.0695. The third-order valence-corrected chi connectivity index (χ3v) is 4.19. The largest absolute Gasteiger partial charge is 0.334 e. The number of rotatable bonds is 3. The number of carbonyl (C=O) groups excluding carboxylic acids is 1. The average molecular weight is 263 g/mol. The summed E-state index contributed by atoms with van der Waals surface area (Å²) in [5.74, 6) is 0.534. The monoisotopic (exact) mass is 263 g/mol. The molecule has 0 saturated carbocycles. The van der Waals surface area contributed by atoms with Gasteiger partial charge >= 0.3 is 0 Å². The number of hydrogen-bond acceptors (Lipinski definition) is 4.